The molecule has 1 fully saturated rings. The predicted molar refractivity (Wildman–Crippen MR) is 148 cm³/mol. The number of para-hydroxylation sites is 1. The lowest BCUT2D eigenvalue weighted by Crippen LogP contribution is -2.49. The highest BCUT2D eigenvalue weighted by molar-refractivity contribution is 7.99. The quantitative estimate of drug-likeness (QED) is 0.226. The third-order valence-electron chi connectivity index (χ3n) is 6.15. The summed E-state index contributed by atoms with van der Waals surface area (Å²) in [7, 11) is -2.47. The summed E-state index contributed by atoms with van der Waals surface area (Å²) in [6.45, 7) is 11.2. The molecule has 0 radical (unpaired) electrons. The van der Waals surface area contributed by atoms with Gasteiger partial charge in [-0.2, -0.15) is 8.78 Å². The Morgan fingerprint density at radius 1 is 0.944 bits per heavy atom. The molecule has 2 heterocycles. The second kappa shape index (κ2) is 11.7. The van der Waals surface area contributed by atoms with Crippen LogP contribution in [0.3, 0.4) is 0 Å². The molecule has 36 heavy (non-hydrogen) atoms. The minimum Gasteiger partial charge on any atom is -0.459 e. The normalized spacial score (nSPS) is 16.5. The molecule has 0 bridgehead atoms. The molecule has 0 N–H and O–H groups in total. The Balaban J connectivity index is 0.00000361. The van der Waals surface area contributed by atoms with Gasteiger partial charge in [0, 0.05) is 36.2 Å². The zero-order chi connectivity index (χ0) is 25.2. The van der Waals surface area contributed by atoms with Gasteiger partial charge in [0.25, 0.3) is 5.76 Å². The smallest absolute Gasteiger partial charge is 0.288 e. The van der Waals surface area contributed by atoms with Crippen molar-refractivity contribution in [2.75, 3.05) is 31.1 Å². The fourth-order valence-corrected chi connectivity index (χ4v) is 9.13. The van der Waals surface area contributed by atoms with E-state index in [9.17, 15) is 13.2 Å². The Morgan fingerprint density at radius 3 is 2.11 bits per heavy atom. The van der Waals surface area contributed by atoms with Crippen LogP contribution >= 0.6 is 31.4 Å². The van der Waals surface area contributed by atoms with Gasteiger partial charge in [-0.15, -0.1) is 12.4 Å². The van der Waals surface area contributed by atoms with Gasteiger partial charge in [-0.25, -0.2) is 9.14 Å². The van der Waals surface area contributed by atoms with Crippen LogP contribution in [0.15, 0.2) is 74.7 Å². The number of rotatable bonds is 6. The van der Waals surface area contributed by atoms with Crippen LogP contribution in [0.2, 0.25) is 0 Å². The lowest BCUT2D eigenvalue weighted by molar-refractivity contribution is 0.252. The number of anilines is 1. The molecule has 0 spiro atoms. The maximum atomic E-state index is 14.4. The van der Waals surface area contributed by atoms with Crippen molar-refractivity contribution in [3.63, 3.8) is 0 Å². The molecule has 0 saturated carbocycles. The van der Waals surface area contributed by atoms with Gasteiger partial charge in [0.15, 0.2) is 5.50 Å². The summed E-state index contributed by atoms with van der Waals surface area (Å²) in [4.78, 5) is 2.58. The topological polar surface area (TPSA) is 32.0 Å². The van der Waals surface area contributed by atoms with Crippen molar-refractivity contribution in [1.29, 1.82) is 0 Å². The van der Waals surface area contributed by atoms with Crippen molar-refractivity contribution in [3.8, 4) is 0 Å². The highest BCUT2D eigenvalue weighted by Crippen LogP contribution is 2.64. The summed E-state index contributed by atoms with van der Waals surface area (Å²) < 4.78 is 54.0. The van der Waals surface area contributed by atoms with Gasteiger partial charge in [-0.05, 0) is 55.5 Å². The van der Waals surface area contributed by atoms with Crippen LogP contribution in [0.1, 0.15) is 26.5 Å². The van der Waals surface area contributed by atoms with Gasteiger partial charge >= 0.3 is 0 Å². The number of nitrogens with zero attached hydrogens (tertiary/aromatic N) is 3. The number of thioether (sulfide) groups is 1. The molecule has 4 rings (SSSR count). The van der Waals surface area contributed by atoms with E-state index in [1.165, 1.54) is 6.07 Å². The summed E-state index contributed by atoms with van der Waals surface area (Å²) in [6.07, 6.45) is 0. The summed E-state index contributed by atoms with van der Waals surface area (Å²) >= 11 is 0.527. The Hall–Kier alpha value is -1.86. The van der Waals surface area contributed by atoms with E-state index in [2.05, 4.69) is 30.3 Å². The number of hydrogen-bond acceptors (Lipinski definition) is 4. The molecule has 1 saturated heterocycles. The molecule has 1 unspecified atom stereocenters. The van der Waals surface area contributed by atoms with Crippen molar-refractivity contribution < 1.29 is 17.6 Å². The fourth-order valence-electron chi connectivity index (χ4n) is 4.54. The van der Waals surface area contributed by atoms with E-state index in [4.69, 9.17) is 9.16 Å². The molecule has 1 aliphatic heterocycles. The van der Waals surface area contributed by atoms with Crippen LogP contribution in [-0.2, 0) is 0 Å². The van der Waals surface area contributed by atoms with E-state index >= 15 is 0 Å². The maximum Gasteiger partial charge on any atom is 0.288 e. The molecule has 4 nitrogen and oxygen atoms in total. The first-order chi connectivity index (χ1) is 16.6. The minimum atomic E-state index is -2.47. The molecule has 1 aliphatic rings. The summed E-state index contributed by atoms with van der Waals surface area (Å²) in [5, 5.41) is -0.270. The van der Waals surface area contributed by atoms with Crippen molar-refractivity contribution >= 4 is 48.3 Å². The van der Waals surface area contributed by atoms with Gasteiger partial charge in [0.2, 0.25) is 0 Å². The number of alkyl halides is 2. The first kappa shape index (κ1) is 28.7. The molecular formula is C26H32ClF3N3OPS. The van der Waals surface area contributed by atoms with Crippen molar-refractivity contribution in [1.82, 2.24) is 4.67 Å². The Kier molecular flexibility index (Phi) is 9.31. The molecule has 0 aliphatic carbocycles. The number of aryl methyl sites for hydroxylation is 1. The molecular weight excluding hydrogens is 526 g/mol. The average molecular weight is 558 g/mol. The monoisotopic (exact) mass is 557 g/mol. The lowest BCUT2D eigenvalue weighted by atomic mass is 10.2. The number of hydrogen-bond donors (Lipinski definition) is 0. The van der Waals surface area contributed by atoms with Crippen LogP contribution in [0.25, 0.3) is 0 Å². The average Bonchev–Trinajstić information content (AvgIpc) is 3.24. The molecule has 1 aromatic heterocycles. The van der Waals surface area contributed by atoms with E-state index in [0.717, 1.165) is 16.9 Å². The van der Waals surface area contributed by atoms with E-state index in [1.807, 2.05) is 31.2 Å². The van der Waals surface area contributed by atoms with E-state index in [1.54, 1.807) is 30.3 Å². The number of furan rings is 1. The van der Waals surface area contributed by atoms with Gasteiger partial charge < -0.3 is 9.32 Å². The van der Waals surface area contributed by atoms with Gasteiger partial charge in [-0.3, -0.25) is 4.67 Å². The Bertz CT molecular complexity index is 1210. The van der Waals surface area contributed by atoms with Gasteiger partial charge in [-0.1, -0.05) is 44.7 Å². The summed E-state index contributed by atoms with van der Waals surface area (Å²) in [5.41, 5.74) is 2.19. The molecule has 196 valence electrons. The zero-order valence-corrected chi connectivity index (χ0v) is 23.4. The van der Waals surface area contributed by atoms with Gasteiger partial charge in [0.1, 0.15) is 18.8 Å². The first-order valence-corrected chi connectivity index (χ1v) is 14.2. The minimum absolute atomic E-state index is 0. The molecule has 0 amide bonds. The highest BCUT2D eigenvalue weighted by Gasteiger charge is 2.44. The van der Waals surface area contributed by atoms with Crippen molar-refractivity contribution in [2.24, 2.45) is 4.74 Å². The van der Waals surface area contributed by atoms with Crippen molar-refractivity contribution in [2.45, 2.75) is 43.5 Å². The SMILES string of the molecule is Cc1ccc(P(=Nc2ccc(SC(F)F)cc2)(N2CCN(c3ccccc3F)CC2)C(C)(C)C)o1.Cl. The summed E-state index contributed by atoms with van der Waals surface area (Å²) in [5.74, 6) is -1.86. The van der Waals surface area contributed by atoms with Crippen molar-refractivity contribution in [3.05, 3.63) is 72.2 Å². The van der Waals surface area contributed by atoms with Gasteiger partial charge in [0.05, 0.1) is 11.4 Å². The van der Waals surface area contributed by atoms with Crippen LogP contribution in [-0.4, -0.2) is 41.8 Å². The number of piperazine rings is 1. The van der Waals surface area contributed by atoms with Crippen LogP contribution in [0.4, 0.5) is 24.5 Å². The molecule has 1 atom stereocenters. The third-order valence-corrected chi connectivity index (χ3v) is 11.3. The zero-order valence-electron chi connectivity index (χ0n) is 20.8. The van der Waals surface area contributed by atoms with E-state index in [0.29, 0.717) is 48.5 Å². The highest BCUT2D eigenvalue weighted by atomic mass is 35.5. The second-order valence-electron chi connectivity index (χ2n) is 9.52. The van der Waals surface area contributed by atoms with Crippen LogP contribution in [0, 0.1) is 12.7 Å². The Morgan fingerprint density at radius 2 is 1.58 bits per heavy atom. The van der Waals surface area contributed by atoms with Crippen LogP contribution in [0.5, 0.6) is 0 Å². The molecule has 3 aromatic rings. The van der Waals surface area contributed by atoms with Crippen LogP contribution < -0.4 is 10.4 Å². The number of halogens is 4. The maximum absolute atomic E-state index is 14.4. The van der Waals surface area contributed by atoms with E-state index < -0.39 is 13.0 Å². The first-order valence-electron chi connectivity index (χ1n) is 11.6. The standard InChI is InChI=1S/C26H31F3N3OPS.ClH/c1-19-9-14-24(33-19)34(26(2,3)4,30-20-10-12-21(13-11-20)35-25(28)29)32-17-15-31(16-18-32)23-8-6-5-7-22(23)27;/h5-14,25H,15-18H2,1-4H3;1H. The largest absolute Gasteiger partial charge is 0.459 e. The number of benzene rings is 2. The lowest BCUT2D eigenvalue weighted by Gasteiger charge is -2.47. The third kappa shape index (κ3) is 5.99. The Labute approximate surface area is 221 Å². The predicted octanol–water partition coefficient (Wildman–Crippen LogP) is 8.16. The second-order valence-corrected chi connectivity index (χ2v) is 14.3. The fraction of sp³-hybridized carbons (Fsp3) is 0.385. The van der Waals surface area contributed by atoms with E-state index in [-0.39, 0.29) is 23.4 Å². The molecule has 2 aromatic carbocycles. The summed E-state index contributed by atoms with van der Waals surface area (Å²) in [6, 6.07) is 17.8. The molecule has 10 heteroatoms.